The number of rotatable bonds is 5. The first-order valence-electron chi connectivity index (χ1n) is 8.61. The van der Waals surface area contributed by atoms with Crippen molar-refractivity contribution in [2.45, 2.75) is 25.6 Å². The van der Waals surface area contributed by atoms with Gasteiger partial charge in [0, 0.05) is 5.02 Å². The molecule has 1 atom stereocenters. The van der Waals surface area contributed by atoms with Crippen molar-refractivity contribution in [2.75, 3.05) is 5.32 Å². The van der Waals surface area contributed by atoms with E-state index in [9.17, 15) is 18.0 Å². The smallest absolute Gasteiger partial charge is 0.418 e. The molecule has 0 saturated heterocycles. The summed E-state index contributed by atoms with van der Waals surface area (Å²) in [5, 5.41) is 4.20. The van der Waals surface area contributed by atoms with E-state index in [0.717, 1.165) is 22.9 Å². The molecule has 3 nitrogen and oxygen atoms in total. The number of nitrogens with one attached hydrogen (secondary N) is 1. The van der Waals surface area contributed by atoms with Gasteiger partial charge in [0.1, 0.15) is 5.75 Å². The zero-order valence-electron chi connectivity index (χ0n) is 14.9. The Labute approximate surface area is 165 Å². The minimum atomic E-state index is -4.64. The summed E-state index contributed by atoms with van der Waals surface area (Å²) in [7, 11) is 0. The van der Waals surface area contributed by atoms with Crippen LogP contribution < -0.4 is 10.1 Å². The van der Waals surface area contributed by atoms with Crippen molar-refractivity contribution in [3.63, 3.8) is 0 Å². The molecule has 3 aromatic rings. The van der Waals surface area contributed by atoms with Gasteiger partial charge in [0.25, 0.3) is 5.91 Å². The predicted molar refractivity (Wildman–Crippen MR) is 104 cm³/mol. The molecule has 0 aliphatic heterocycles. The van der Waals surface area contributed by atoms with Crippen LogP contribution in [0, 0.1) is 0 Å². The maximum Gasteiger partial charge on any atom is 0.418 e. The maximum atomic E-state index is 13.2. The van der Waals surface area contributed by atoms with E-state index in [2.05, 4.69) is 5.32 Å². The Morgan fingerprint density at radius 3 is 2.46 bits per heavy atom. The molecule has 0 aromatic heterocycles. The SMILES string of the molecule is CC[C@@H](Oc1ccc2ccccc2c1)C(=O)Nc1ccc(Cl)cc1C(F)(F)F. The van der Waals surface area contributed by atoms with Crippen LogP contribution in [0.5, 0.6) is 5.75 Å². The van der Waals surface area contributed by atoms with E-state index >= 15 is 0 Å². The maximum absolute atomic E-state index is 13.2. The molecular formula is C21H17ClF3NO2. The second-order valence-corrected chi connectivity index (χ2v) is 6.64. The Morgan fingerprint density at radius 2 is 1.79 bits per heavy atom. The fraction of sp³-hybridized carbons (Fsp3) is 0.190. The lowest BCUT2D eigenvalue weighted by Crippen LogP contribution is -2.33. The van der Waals surface area contributed by atoms with Gasteiger partial charge in [-0.1, -0.05) is 48.9 Å². The van der Waals surface area contributed by atoms with Crippen LogP contribution in [0.4, 0.5) is 18.9 Å². The van der Waals surface area contributed by atoms with Gasteiger partial charge in [-0.2, -0.15) is 13.2 Å². The van der Waals surface area contributed by atoms with Crippen LogP contribution in [0.1, 0.15) is 18.9 Å². The number of fused-ring (bicyclic) bond motifs is 1. The van der Waals surface area contributed by atoms with Crippen molar-refractivity contribution < 1.29 is 22.7 Å². The Balaban J connectivity index is 1.80. The molecule has 3 rings (SSSR count). The van der Waals surface area contributed by atoms with Crippen molar-refractivity contribution in [3.8, 4) is 5.75 Å². The largest absolute Gasteiger partial charge is 0.481 e. The molecule has 1 N–H and O–H groups in total. The number of carbonyl (C=O) groups is 1. The fourth-order valence-corrected chi connectivity index (χ4v) is 2.97. The molecule has 0 unspecified atom stereocenters. The molecule has 0 aliphatic carbocycles. The Hall–Kier alpha value is -2.73. The Morgan fingerprint density at radius 1 is 1.07 bits per heavy atom. The first-order chi connectivity index (χ1) is 13.3. The lowest BCUT2D eigenvalue weighted by molar-refractivity contribution is -0.137. The van der Waals surface area contributed by atoms with Crippen LogP contribution in [0.25, 0.3) is 10.8 Å². The van der Waals surface area contributed by atoms with Crippen LogP contribution in [-0.4, -0.2) is 12.0 Å². The van der Waals surface area contributed by atoms with E-state index < -0.39 is 23.8 Å². The molecule has 7 heteroatoms. The molecule has 0 heterocycles. The number of anilines is 1. The number of hydrogen-bond donors (Lipinski definition) is 1. The van der Waals surface area contributed by atoms with Crippen LogP contribution >= 0.6 is 11.6 Å². The zero-order chi connectivity index (χ0) is 20.3. The number of ether oxygens (including phenoxy) is 1. The van der Waals surface area contributed by atoms with Gasteiger partial charge in [0.2, 0.25) is 0 Å². The van der Waals surface area contributed by atoms with Gasteiger partial charge < -0.3 is 10.1 Å². The first kappa shape index (κ1) is 20.0. The van der Waals surface area contributed by atoms with Crippen molar-refractivity contribution in [2.24, 2.45) is 0 Å². The zero-order valence-corrected chi connectivity index (χ0v) is 15.6. The molecule has 0 aliphatic rings. The summed E-state index contributed by atoms with van der Waals surface area (Å²) in [5.74, 6) is -0.198. The summed E-state index contributed by atoms with van der Waals surface area (Å²) in [6.07, 6.45) is -5.31. The van der Waals surface area contributed by atoms with Gasteiger partial charge in [0.05, 0.1) is 11.3 Å². The molecule has 0 spiro atoms. The van der Waals surface area contributed by atoms with E-state index in [0.29, 0.717) is 5.75 Å². The molecular weight excluding hydrogens is 391 g/mol. The van der Waals surface area contributed by atoms with Gasteiger partial charge in [-0.25, -0.2) is 0 Å². The van der Waals surface area contributed by atoms with Gasteiger partial charge in [-0.15, -0.1) is 0 Å². The second-order valence-electron chi connectivity index (χ2n) is 6.20. The molecule has 0 bridgehead atoms. The van der Waals surface area contributed by atoms with E-state index in [1.54, 1.807) is 19.1 Å². The van der Waals surface area contributed by atoms with E-state index in [-0.39, 0.29) is 17.1 Å². The average Bonchev–Trinajstić information content (AvgIpc) is 2.66. The third-order valence-corrected chi connectivity index (χ3v) is 4.44. The predicted octanol–water partition coefficient (Wildman–Crippen LogP) is 6.31. The summed E-state index contributed by atoms with van der Waals surface area (Å²) in [4.78, 5) is 12.5. The number of alkyl halides is 3. The third-order valence-electron chi connectivity index (χ3n) is 4.21. The van der Waals surface area contributed by atoms with Crippen molar-refractivity contribution in [3.05, 3.63) is 71.2 Å². The van der Waals surface area contributed by atoms with Crippen LogP contribution in [0.2, 0.25) is 5.02 Å². The summed E-state index contributed by atoms with van der Waals surface area (Å²) in [6.45, 7) is 1.72. The van der Waals surface area contributed by atoms with Gasteiger partial charge in [-0.05, 0) is 47.5 Å². The van der Waals surface area contributed by atoms with Crippen molar-refractivity contribution in [1.82, 2.24) is 0 Å². The van der Waals surface area contributed by atoms with E-state index in [4.69, 9.17) is 16.3 Å². The Kier molecular flexibility index (Phi) is 5.79. The van der Waals surface area contributed by atoms with Gasteiger partial charge >= 0.3 is 6.18 Å². The molecule has 28 heavy (non-hydrogen) atoms. The quantitative estimate of drug-likeness (QED) is 0.538. The monoisotopic (exact) mass is 407 g/mol. The second kappa shape index (κ2) is 8.10. The highest BCUT2D eigenvalue weighted by Crippen LogP contribution is 2.36. The number of carbonyl (C=O) groups excluding carboxylic acids is 1. The lowest BCUT2D eigenvalue weighted by atomic mass is 10.1. The summed E-state index contributed by atoms with van der Waals surface area (Å²) in [5.41, 5.74) is -1.36. The fourth-order valence-electron chi connectivity index (χ4n) is 2.80. The molecule has 1 amide bonds. The van der Waals surface area contributed by atoms with Crippen LogP contribution in [0.15, 0.2) is 60.7 Å². The highest BCUT2D eigenvalue weighted by atomic mass is 35.5. The topological polar surface area (TPSA) is 38.3 Å². The minimum absolute atomic E-state index is 0.0650. The summed E-state index contributed by atoms with van der Waals surface area (Å²) in [6, 6.07) is 16.2. The lowest BCUT2D eigenvalue weighted by Gasteiger charge is -2.19. The molecule has 3 aromatic carbocycles. The number of halogens is 4. The van der Waals surface area contributed by atoms with Crippen LogP contribution in [0.3, 0.4) is 0 Å². The summed E-state index contributed by atoms with van der Waals surface area (Å²) >= 11 is 5.67. The average molecular weight is 408 g/mol. The molecule has 0 radical (unpaired) electrons. The highest BCUT2D eigenvalue weighted by molar-refractivity contribution is 6.30. The van der Waals surface area contributed by atoms with Crippen LogP contribution in [-0.2, 0) is 11.0 Å². The number of benzene rings is 3. The highest BCUT2D eigenvalue weighted by Gasteiger charge is 2.34. The minimum Gasteiger partial charge on any atom is -0.481 e. The standard InChI is InChI=1S/C21H17ClF3NO2/c1-2-19(28-16-9-7-13-5-3-4-6-14(13)11-16)20(27)26-18-10-8-15(22)12-17(18)21(23,24)25/h3-12,19H,2H2,1H3,(H,26,27)/t19-/m1/s1. The summed E-state index contributed by atoms with van der Waals surface area (Å²) < 4.78 is 45.4. The molecule has 0 saturated carbocycles. The van der Waals surface area contributed by atoms with Crippen molar-refractivity contribution in [1.29, 1.82) is 0 Å². The normalized spacial score (nSPS) is 12.6. The van der Waals surface area contributed by atoms with E-state index in [1.807, 2.05) is 30.3 Å². The van der Waals surface area contributed by atoms with Gasteiger partial charge in [0.15, 0.2) is 6.10 Å². The van der Waals surface area contributed by atoms with E-state index in [1.165, 1.54) is 6.07 Å². The van der Waals surface area contributed by atoms with Gasteiger partial charge in [-0.3, -0.25) is 4.79 Å². The first-order valence-corrected chi connectivity index (χ1v) is 8.99. The molecule has 146 valence electrons. The van der Waals surface area contributed by atoms with Crippen molar-refractivity contribution >= 4 is 34.0 Å². The number of hydrogen-bond acceptors (Lipinski definition) is 2. The molecule has 0 fully saturated rings. The Bertz CT molecular complexity index is 1000. The number of amides is 1. The third kappa shape index (κ3) is 4.57.